The van der Waals surface area contributed by atoms with Crippen LogP contribution in [0.5, 0.6) is 0 Å². The van der Waals surface area contributed by atoms with Gasteiger partial charge in [-0.1, -0.05) is 25.9 Å². The van der Waals surface area contributed by atoms with E-state index in [1.54, 1.807) is 0 Å². The van der Waals surface area contributed by atoms with Crippen molar-refractivity contribution in [1.82, 2.24) is 5.32 Å². The number of carbonyl (C=O) groups is 4. The van der Waals surface area contributed by atoms with Gasteiger partial charge in [0.25, 0.3) is 0 Å². The molecule has 12 heteroatoms. The van der Waals surface area contributed by atoms with Crippen LogP contribution in [0.2, 0.25) is 0 Å². The molecule has 1 fully saturated rings. The van der Waals surface area contributed by atoms with Crippen molar-refractivity contribution in [2.75, 3.05) is 13.2 Å². The first-order valence-electron chi connectivity index (χ1n) is 9.30. The predicted molar refractivity (Wildman–Crippen MR) is 102 cm³/mol. The molecule has 0 radical (unpaired) electrons. The van der Waals surface area contributed by atoms with Crippen molar-refractivity contribution < 1.29 is 38.1 Å². The maximum Gasteiger partial charge on any atom is 0.303 e. The number of carbonyl (C=O) groups excluding carboxylic acids is 4. The minimum Gasteiger partial charge on any atom is -0.463 e. The molecule has 0 saturated carbocycles. The molecule has 168 valence electrons. The Labute approximate surface area is 174 Å². The van der Waals surface area contributed by atoms with Gasteiger partial charge in [0.2, 0.25) is 5.91 Å². The number of hydrogen-bond acceptors (Lipinski definition) is 9. The molecule has 1 aliphatic heterocycles. The second-order valence-electron chi connectivity index (χ2n) is 7.89. The molecule has 1 rings (SSSR count). The third kappa shape index (κ3) is 7.53. The van der Waals surface area contributed by atoms with Gasteiger partial charge in [-0.05, 0) is 10.9 Å². The highest BCUT2D eigenvalue weighted by Crippen LogP contribution is 2.35. The Hall–Kier alpha value is -2.85. The second kappa shape index (κ2) is 10.8. The molecule has 1 heterocycles. The van der Waals surface area contributed by atoms with Gasteiger partial charge in [-0.25, -0.2) is 0 Å². The van der Waals surface area contributed by atoms with Crippen LogP contribution >= 0.6 is 0 Å². The van der Waals surface area contributed by atoms with Crippen molar-refractivity contribution in [2.24, 2.45) is 10.5 Å². The summed E-state index contributed by atoms with van der Waals surface area (Å²) in [6.07, 6.45) is -3.98. The van der Waals surface area contributed by atoms with Crippen LogP contribution in [-0.2, 0) is 38.1 Å². The molecule has 1 amide bonds. The second-order valence-corrected chi connectivity index (χ2v) is 7.89. The van der Waals surface area contributed by atoms with E-state index in [-0.39, 0.29) is 6.61 Å². The predicted octanol–water partition coefficient (Wildman–Crippen LogP) is 1.02. The van der Waals surface area contributed by atoms with Gasteiger partial charge in [-0.3, -0.25) is 19.2 Å². The van der Waals surface area contributed by atoms with Gasteiger partial charge in [0, 0.05) is 25.7 Å². The van der Waals surface area contributed by atoms with Gasteiger partial charge < -0.3 is 24.3 Å². The van der Waals surface area contributed by atoms with Crippen molar-refractivity contribution in [3.8, 4) is 0 Å². The Kier molecular flexibility index (Phi) is 9.06. The van der Waals surface area contributed by atoms with Crippen molar-refractivity contribution in [2.45, 2.75) is 72.0 Å². The highest BCUT2D eigenvalue weighted by Gasteiger charge is 2.53. The van der Waals surface area contributed by atoms with Crippen molar-refractivity contribution in [3.63, 3.8) is 0 Å². The third-order valence-electron chi connectivity index (χ3n) is 4.21. The van der Waals surface area contributed by atoms with Gasteiger partial charge in [0.1, 0.15) is 19.3 Å². The quantitative estimate of drug-likeness (QED) is 0.206. The van der Waals surface area contributed by atoms with Crippen LogP contribution in [0.1, 0.15) is 41.5 Å². The lowest BCUT2D eigenvalue weighted by Crippen LogP contribution is -2.68. The largest absolute Gasteiger partial charge is 0.463 e. The van der Waals surface area contributed by atoms with Crippen molar-refractivity contribution >= 4 is 23.8 Å². The van der Waals surface area contributed by atoms with Crippen LogP contribution in [0.25, 0.3) is 10.4 Å². The summed E-state index contributed by atoms with van der Waals surface area (Å²) in [4.78, 5) is 49.6. The minimum absolute atomic E-state index is 0.253. The molecule has 0 aliphatic carbocycles. The zero-order chi connectivity index (χ0) is 23.1. The Morgan fingerprint density at radius 3 is 2.07 bits per heavy atom. The molecular formula is C18H28N4O8. The highest BCUT2D eigenvalue weighted by molar-refractivity contribution is 5.78. The zero-order valence-electron chi connectivity index (χ0n) is 17.9. The first-order valence-corrected chi connectivity index (χ1v) is 9.30. The first kappa shape index (κ1) is 25.2. The Bertz CT molecular complexity index is 713. The van der Waals surface area contributed by atoms with Crippen LogP contribution in [0.15, 0.2) is 5.11 Å². The Balaban J connectivity index is 3.39. The van der Waals surface area contributed by atoms with Gasteiger partial charge in [0.15, 0.2) is 12.2 Å². The van der Waals surface area contributed by atoms with Crippen LogP contribution < -0.4 is 5.32 Å². The normalized spacial score (nSPS) is 26.0. The summed E-state index contributed by atoms with van der Waals surface area (Å²) in [6, 6.07) is -0.937. The van der Waals surface area contributed by atoms with Crippen molar-refractivity contribution in [1.29, 1.82) is 0 Å². The lowest BCUT2D eigenvalue weighted by atomic mass is 9.78. The van der Waals surface area contributed by atoms with Gasteiger partial charge in [-0.15, -0.1) is 0 Å². The minimum atomic E-state index is -1.16. The van der Waals surface area contributed by atoms with E-state index in [0.717, 1.165) is 0 Å². The zero-order valence-corrected chi connectivity index (χ0v) is 17.9. The van der Waals surface area contributed by atoms with E-state index in [4.69, 9.17) is 24.5 Å². The van der Waals surface area contributed by atoms with Gasteiger partial charge in [-0.2, -0.15) is 0 Å². The van der Waals surface area contributed by atoms with Gasteiger partial charge >= 0.3 is 17.9 Å². The van der Waals surface area contributed by atoms with E-state index >= 15 is 0 Å². The third-order valence-corrected chi connectivity index (χ3v) is 4.21. The molecule has 1 N–H and O–H groups in total. The monoisotopic (exact) mass is 428 g/mol. The summed E-state index contributed by atoms with van der Waals surface area (Å²) >= 11 is 0. The number of rotatable bonds is 7. The fourth-order valence-corrected chi connectivity index (χ4v) is 3.17. The van der Waals surface area contributed by atoms with Crippen LogP contribution in [-0.4, -0.2) is 67.4 Å². The molecular weight excluding hydrogens is 400 g/mol. The Morgan fingerprint density at radius 1 is 1.03 bits per heavy atom. The van der Waals surface area contributed by atoms with E-state index in [1.165, 1.54) is 20.8 Å². The number of nitrogens with zero attached hydrogens (tertiary/aromatic N) is 3. The number of nitrogens with one attached hydrogen (secondary N) is 1. The molecule has 5 atom stereocenters. The lowest BCUT2D eigenvalue weighted by molar-refractivity contribution is -0.237. The molecule has 0 bridgehead atoms. The number of ether oxygens (including phenoxy) is 4. The number of esters is 3. The molecule has 30 heavy (non-hydrogen) atoms. The summed E-state index contributed by atoms with van der Waals surface area (Å²) in [6.45, 7) is 8.33. The van der Waals surface area contributed by atoms with Gasteiger partial charge in [0.05, 0.1) is 12.1 Å². The average molecular weight is 428 g/mol. The van der Waals surface area contributed by atoms with Crippen LogP contribution in [0.4, 0.5) is 0 Å². The maximum atomic E-state index is 12.3. The Morgan fingerprint density at radius 2 is 1.60 bits per heavy atom. The molecule has 12 nitrogen and oxygen atoms in total. The SMILES string of the molecule is CC(=O)OCC1O[C@@H](C(C)(C)C)C(NC(=O)CN=[N+]=[N-])C(OC(C)=O)[C@@H]1OC(C)=O. The fourth-order valence-electron chi connectivity index (χ4n) is 3.17. The number of hydrogen-bond donors (Lipinski definition) is 1. The molecule has 1 aliphatic rings. The van der Waals surface area contributed by atoms with E-state index in [2.05, 4.69) is 15.3 Å². The summed E-state index contributed by atoms with van der Waals surface area (Å²) < 4.78 is 21.9. The molecule has 0 aromatic rings. The van der Waals surface area contributed by atoms with E-state index in [9.17, 15) is 19.2 Å². The number of azide groups is 1. The molecule has 0 spiro atoms. The van der Waals surface area contributed by atoms with E-state index in [1.807, 2.05) is 20.8 Å². The first-order chi connectivity index (χ1) is 13.9. The summed E-state index contributed by atoms with van der Waals surface area (Å²) in [7, 11) is 0. The summed E-state index contributed by atoms with van der Waals surface area (Å²) in [5.41, 5.74) is 7.86. The van der Waals surface area contributed by atoms with Crippen LogP contribution in [0, 0.1) is 5.41 Å². The molecule has 3 unspecified atom stereocenters. The van der Waals surface area contributed by atoms with E-state index in [0.29, 0.717) is 0 Å². The summed E-state index contributed by atoms with van der Waals surface area (Å²) in [5, 5.41) is 5.87. The van der Waals surface area contributed by atoms with E-state index < -0.39 is 66.2 Å². The van der Waals surface area contributed by atoms with Crippen molar-refractivity contribution in [3.05, 3.63) is 10.4 Å². The highest BCUT2D eigenvalue weighted by atomic mass is 16.6. The number of amides is 1. The molecule has 1 saturated heterocycles. The summed E-state index contributed by atoms with van der Waals surface area (Å²) in [5.74, 6) is -2.55. The average Bonchev–Trinajstić information content (AvgIpc) is 2.59. The fraction of sp³-hybridized carbons (Fsp3) is 0.778. The molecule has 0 aromatic heterocycles. The topological polar surface area (TPSA) is 166 Å². The maximum absolute atomic E-state index is 12.3. The molecule has 0 aromatic carbocycles. The van der Waals surface area contributed by atoms with Crippen LogP contribution in [0.3, 0.4) is 0 Å². The standard InChI is InChI=1S/C18H28N4O8/c1-9(23)27-8-12-15(28-10(2)24)16(29-11(3)25)14(17(30-12)18(4,5)6)21-13(26)7-20-22-19/h12,14-17H,7-8H2,1-6H3,(H,21,26)/t12?,14?,15-,16?,17-/m1/s1. The lowest BCUT2D eigenvalue weighted by Gasteiger charge is -2.49. The smallest absolute Gasteiger partial charge is 0.303 e.